The van der Waals surface area contributed by atoms with Gasteiger partial charge in [-0.3, -0.25) is 4.79 Å². The molecule has 3 rings (SSSR count). The van der Waals surface area contributed by atoms with Crippen LogP contribution in [0.1, 0.15) is 25.3 Å². The summed E-state index contributed by atoms with van der Waals surface area (Å²) in [4.78, 5) is 13.6. The van der Waals surface area contributed by atoms with E-state index in [-0.39, 0.29) is 16.6 Å². The van der Waals surface area contributed by atoms with E-state index in [9.17, 15) is 17.6 Å². The van der Waals surface area contributed by atoms with Crippen LogP contribution in [-0.2, 0) is 21.4 Å². The fraction of sp³-hybridized carbons (Fsp3) is 0.381. The summed E-state index contributed by atoms with van der Waals surface area (Å²) in [6.45, 7) is 3.26. The van der Waals surface area contributed by atoms with Crippen molar-refractivity contribution in [3.05, 3.63) is 59.9 Å². The van der Waals surface area contributed by atoms with Gasteiger partial charge in [-0.25, -0.2) is 12.8 Å². The third-order valence-corrected chi connectivity index (χ3v) is 7.30. The lowest BCUT2D eigenvalue weighted by Crippen LogP contribution is -3.12. The molecule has 29 heavy (non-hydrogen) atoms. The zero-order chi connectivity index (χ0) is 21.0. The number of amides is 1. The first-order chi connectivity index (χ1) is 13.8. The standard InChI is InChI=1S/C21H26FN3O3S/c1-16(24(2)15-17-7-3-4-8-20(17)22)21(26)23-18-9-11-19(12-10-18)29(27,28)25-13-5-6-14-25/h3-4,7-12,16H,5-6,13-15H2,1-2H3,(H,23,26)/p+1/t16-/m0/s1. The number of nitrogens with one attached hydrogen (secondary N) is 2. The molecule has 1 heterocycles. The van der Waals surface area contributed by atoms with Crippen LogP contribution in [0.4, 0.5) is 10.1 Å². The van der Waals surface area contributed by atoms with Crippen molar-refractivity contribution >= 4 is 21.6 Å². The summed E-state index contributed by atoms with van der Waals surface area (Å²) in [5.74, 6) is -0.497. The molecular weight excluding hydrogens is 393 g/mol. The Morgan fingerprint density at radius 3 is 2.38 bits per heavy atom. The van der Waals surface area contributed by atoms with Crippen LogP contribution in [0.3, 0.4) is 0 Å². The molecule has 2 aromatic rings. The minimum absolute atomic E-state index is 0.214. The molecule has 0 aliphatic carbocycles. The van der Waals surface area contributed by atoms with Crippen molar-refractivity contribution in [2.75, 3.05) is 25.5 Å². The van der Waals surface area contributed by atoms with Gasteiger partial charge in [0.2, 0.25) is 10.0 Å². The Morgan fingerprint density at radius 2 is 1.76 bits per heavy atom. The molecule has 1 aliphatic heterocycles. The largest absolute Gasteiger partial charge is 0.324 e. The van der Waals surface area contributed by atoms with Gasteiger partial charge in [-0.1, -0.05) is 18.2 Å². The van der Waals surface area contributed by atoms with Gasteiger partial charge in [0.15, 0.2) is 6.04 Å². The van der Waals surface area contributed by atoms with Gasteiger partial charge >= 0.3 is 0 Å². The number of benzene rings is 2. The van der Waals surface area contributed by atoms with E-state index in [1.165, 1.54) is 22.5 Å². The number of nitrogens with zero attached hydrogens (tertiary/aromatic N) is 1. The van der Waals surface area contributed by atoms with Crippen LogP contribution >= 0.6 is 0 Å². The van der Waals surface area contributed by atoms with E-state index in [1.807, 2.05) is 7.05 Å². The molecule has 0 bridgehead atoms. The molecular formula is C21H27FN3O3S+. The minimum Gasteiger partial charge on any atom is -0.324 e. The third-order valence-electron chi connectivity index (χ3n) is 5.38. The number of carbonyl (C=O) groups excluding carboxylic acids is 1. The van der Waals surface area contributed by atoms with Crippen LogP contribution in [0.25, 0.3) is 0 Å². The van der Waals surface area contributed by atoms with E-state index in [1.54, 1.807) is 37.3 Å². The summed E-state index contributed by atoms with van der Waals surface area (Å²) < 4.78 is 40.5. The predicted molar refractivity (Wildman–Crippen MR) is 110 cm³/mol. The number of hydrogen-bond acceptors (Lipinski definition) is 3. The summed E-state index contributed by atoms with van der Waals surface area (Å²) in [5, 5.41) is 2.81. The van der Waals surface area contributed by atoms with E-state index >= 15 is 0 Å². The fourth-order valence-electron chi connectivity index (χ4n) is 3.36. The number of likely N-dealkylation sites (N-methyl/N-ethyl adjacent to an activating group) is 1. The summed E-state index contributed by atoms with van der Waals surface area (Å²) in [6, 6.07) is 12.3. The second-order valence-electron chi connectivity index (χ2n) is 7.46. The lowest BCUT2D eigenvalue weighted by Gasteiger charge is -2.21. The van der Waals surface area contributed by atoms with Gasteiger partial charge < -0.3 is 10.2 Å². The molecule has 1 amide bonds. The second kappa shape index (κ2) is 9.02. The van der Waals surface area contributed by atoms with Gasteiger partial charge in [0.05, 0.1) is 11.9 Å². The summed E-state index contributed by atoms with van der Waals surface area (Å²) >= 11 is 0. The van der Waals surface area contributed by atoms with Crippen LogP contribution < -0.4 is 10.2 Å². The summed E-state index contributed by atoms with van der Waals surface area (Å²) in [5.41, 5.74) is 1.09. The Labute approximate surface area is 171 Å². The first-order valence-electron chi connectivity index (χ1n) is 9.76. The first kappa shape index (κ1) is 21.4. The molecule has 0 radical (unpaired) electrons. The van der Waals surface area contributed by atoms with Crippen LogP contribution in [0.15, 0.2) is 53.4 Å². The van der Waals surface area contributed by atoms with Crippen molar-refractivity contribution in [1.82, 2.24) is 4.31 Å². The van der Waals surface area contributed by atoms with Gasteiger partial charge in [-0.15, -0.1) is 0 Å². The number of halogens is 1. The van der Waals surface area contributed by atoms with Crippen LogP contribution in [0, 0.1) is 5.82 Å². The van der Waals surface area contributed by atoms with Gasteiger partial charge in [0.1, 0.15) is 12.4 Å². The zero-order valence-electron chi connectivity index (χ0n) is 16.7. The SMILES string of the molecule is C[C@@H](C(=O)Nc1ccc(S(=O)(=O)N2CCCC2)cc1)[NH+](C)Cc1ccccc1F. The van der Waals surface area contributed by atoms with Crippen molar-refractivity contribution in [3.63, 3.8) is 0 Å². The lowest BCUT2D eigenvalue weighted by atomic mass is 10.1. The number of sulfonamides is 1. The topological polar surface area (TPSA) is 70.9 Å². The fourth-order valence-corrected chi connectivity index (χ4v) is 4.87. The van der Waals surface area contributed by atoms with Gasteiger partial charge in [-0.05, 0) is 50.1 Å². The predicted octanol–water partition coefficient (Wildman–Crippen LogP) is 1.65. The van der Waals surface area contributed by atoms with Crippen molar-refractivity contribution < 1.29 is 22.5 Å². The van der Waals surface area contributed by atoms with Crippen LogP contribution in [0.5, 0.6) is 0 Å². The third kappa shape index (κ3) is 5.01. The maximum atomic E-state index is 13.8. The number of carbonyl (C=O) groups is 1. The van der Waals surface area contributed by atoms with E-state index in [0.29, 0.717) is 30.9 Å². The second-order valence-corrected chi connectivity index (χ2v) is 9.40. The van der Waals surface area contributed by atoms with Crippen molar-refractivity contribution in [3.8, 4) is 0 Å². The highest BCUT2D eigenvalue weighted by atomic mass is 32.2. The maximum Gasteiger partial charge on any atom is 0.282 e. The van der Waals surface area contributed by atoms with Crippen molar-refractivity contribution in [1.29, 1.82) is 0 Å². The quantitative estimate of drug-likeness (QED) is 0.716. The highest BCUT2D eigenvalue weighted by molar-refractivity contribution is 7.89. The first-order valence-corrected chi connectivity index (χ1v) is 11.2. The van der Waals surface area contributed by atoms with Crippen molar-refractivity contribution in [2.45, 2.75) is 37.2 Å². The number of rotatable bonds is 7. The Morgan fingerprint density at radius 1 is 1.14 bits per heavy atom. The Bertz CT molecular complexity index is 957. The zero-order valence-corrected chi connectivity index (χ0v) is 17.5. The van der Waals surface area contributed by atoms with E-state index in [2.05, 4.69) is 5.32 Å². The molecule has 2 aromatic carbocycles. The molecule has 156 valence electrons. The van der Waals surface area contributed by atoms with Gasteiger partial charge in [0.25, 0.3) is 5.91 Å². The van der Waals surface area contributed by atoms with E-state index in [0.717, 1.165) is 17.7 Å². The maximum absolute atomic E-state index is 13.8. The molecule has 1 saturated heterocycles. The van der Waals surface area contributed by atoms with Crippen LogP contribution in [0.2, 0.25) is 0 Å². The normalized spacial score (nSPS) is 17.1. The van der Waals surface area contributed by atoms with Gasteiger partial charge in [0, 0.05) is 24.3 Å². The average molecular weight is 421 g/mol. The average Bonchev–Trinajstić information content (AvgIpc) is 3.25. The Hall–Kier alpha value is -2.29. The van der Waals surface area contributed by atoms with Crippen LogP contribution in [-0.4, -0.2) is 44.8 Å². The molecule has 1 fully saturated rings. The number of anilines is 1. The molecule has 0 aromatic heterocycles. The number of hydrogen-bond donors (Lipinski definition) is 2. The smallest absolute Gasteiger partial charge is 0.282 e. The molecule has 2 N–H and O–H groups in total. The molecule has 6 nitrogen and oxygen atoms in total. The Kier molecular flexibility index (Phi) is 6.66. The molecule has 8 heteroatoms. The van der Waals surface area contributed by atoms with Crippen molar-refractivity contribution in [2.24, 2.45) is 0 Å². The molecule has 1 aliphatic rings. The van der Waals surface area contributed by atoms with E-state index < -0.39 is 16.1 Å². The van der Waals surface area contributed by atoms with E-state index in [4.69, 9.17) is 0 Å². The minimum atomic E-state index is -3.47. The molecule has 0 spiro atoms. The molecule has 1 unspecified atom stereocenters. The summed E-state index contributed by atoms with van der Waals surface area (Å²) in [6.07, 6.45) is 1.77. The molecule has 0 saturated carbocycles. The number of quaternary nitrogens is 1. The van der Waals surface area contributed by atoms with Gasteiger partial charge in [-0.2, -0.15) is 4.31 Å². The Balaban J connectivity index is 1.62. The summed E-state index contributed by atoms with van der Waals surface area (Å²) in [7, 11) is -1.64. The highest BCUT2D eigenvalue weighted by Gasteiger charge is 2.27. The lowest BCUT2D eigenvalue weighted by molar-refractivity contribution is -0.908. The highest BCUT2D eigenvalue weighted by Crippen LogP contribution is 2.22. The molecule has 2 atom stereocenters. The monoisotopic (exact) mass is 420 g/mol.